The second kappa shape index (κ2) is 9.67. The van der Waals surface area contributed by atoms with Crippen molar-refractivity contribution in [1.29, 1.82) is 0 Å². The van der Waals surface area contributed by atoms with Gasteiger partial charge in [0, 0.05) is 18.7 Å². The van der Waals surface area contributed by atoms with Gasteiger partial charge in [0.25, 0.3) is 0 Å². The summed E-state index contributed by atoms with van der Waals surface area (Å²) in [6.45, 7) is 1.38. The standard InChI is InChI=1S/C23H23N3O2S/c27-22(24-15-20-7-4-14-28-20)16-29-23-13-12-21(25-26-23)19-10-8-18(9-11-19)17-5-2-1-3-6-17/h1-3,5-6,8-13,20H,4,7,14-16H2,(H,24,27)/t20-/m0/s1. The third-order valence-corrected chi connectivity index (χ3v) is 5.75. The van der Waals surface area contributed by atoms with Crippen LogP contribution in [-0.2, 0) is 9.53 Å². The molecular formula is C23H23N3O2S. The molecule has 1 fully saturated rings. The maximum Gasteiger partial charge on any atom is 0.230 e. The van der Waals surface area contributed by atoms with E-state index in [0.717, 1.165) is 35.7 Å². The van der Waals surface area contributed by atoms with Crippen LogP contribution in [0.2, 0.25) is 0 Å². The zero-order chi connectivity index (χ0) is 19.9. The van der Waals surface area contributed by atoms with Crippen molar-refractivity contribution in [2.45, 2.75) is 24.0 Å². The minimum absolute atomic E-state index is 0.00660. The number of rotatable bonds is 7. The van der Waals surface area contributed by atoms with Crippen LogP contribution >= 0.6 is 11.8 Å². The topological polar surface area (TPSA) is 64.1 Å². The number of carbonyl (C=O) groups is 1. The van der Waals surface area contributed by atoms with Gasteiger partial charge < -0.3 is 10.1 Å². The molecular weight excluding hydrogens is 382 g/mol. The Balaban J connectivity index is 1.30. The highest BCUT2D eigenvalue weighted by molar-refractivity contribution is 7.99. The molecule has 148 valence electrons. The van der Waals surface area contributed by atoms with E-state index in [1.807, 2.05) is 30.3 Å². The first kappa shape index (κ1) is 19.6. The number of aromatic nitrogens is 2. The quantitative estimate of drug-likeness (QED) is 0.597. The van der Waals surface area contributed by atoms with Gasteiger partial charge in [-0.3, -0.25) is 4.79 Å². The molecule has 1 aliphatic heterocycles. The van der Waals surface area contributed by atoms with Crippen molar-refractivity contribution in [3.63, 3.8) is 0 Å². The van der Waals surface area contributed by atoms with Crippen LogP contribution in [0.25, 0.3) is 22.4 Å². The summed E-state index contributed by atoms with van der Waals surface area (Å²) >= 11 is 1.39. The van der Waals surface area contributed by atoms with Crippen LogP contribution in [0.5, 0.6) is 0 Å². The van der Waals surface area contributed by atoms with Gasteiger partial charge in [0.1, 0.15) is 5.03 Å². The Labute approximate surface area is 174 Å². The summed E-state index contributed by atoms with van der Waals surface area (Å²) in [6, 6.07) is 22.4. The molecule has 1 amide bonds. The number of nitrogens with one attached hydrogen (secondary N) is 1. The molecule has 29 heavy (non-hydrogen) atoms. The molecule has 0 radical (unpaired) electrons. The number of thioether (sulfide) groups is 1. The number of hydrogen-bond acceptors (Lipinski definition) is 5. The average molecular weight is 406 g/mol. The normalized spacial score (nSPS) is 15.9. The van der Waals surface area contributed by atoms with Crippen molar-refractivity contribution in [2.24, 2.45) is 0 Å². The Hall–Kier alpha value is -2.70. The highest BCUT2D eigenvalue weighted by Gasteiger charge is 2.16. The first-order valence-electron chi connectivity index (χ1n) is 9.78. The van der Waals surface area contributed by atoms with E-state index in [9.17, 15) is 4.79 Å². The second-order valence-corrected chi connectivity index (χ2v) is 7.92. The van der Waals surface area contributed by atoms with Gasteiger partial charge >= 0.3 is 0 Å². The number of carbonyl (C=O) groups excluding carboxylic acids is 1. The van der Waals surface area contributed by atoms with E-state index in [2.05, 4.69) is 51.9 Å². The molecule has 2 heterocycles. The van der Waals surface area contributed by atoms with Gasteiger partial charge in [-0.1, -0.05) is 66.4 Å². The summed E-state index contributed by atoms with van der Waals surface area (Å²) in [5.74, 6) is 0.319. The fraction of sp³-hybridized carbons (Fsp3) is 0.261. The molecule has 1 saturated heterocycles. The number of benzene rings is 2. The van der Waals surface area contributed by atoms with Crippen LogP contribution in [0, 0.1) is 0 Å². The van der Waals surface area contributed by atoms with Crippen molar-refractivity contribution in [3.8, 4) is 22.4 Å². The van der Waals surface area contributed by atoms with Crippen LogP contribution in [0.1, 0.15) is 12.8 Å². The Morgan fingerprint density at radius 1 is 0.966 bits per heavy atom. The lowest BCUT2D eigenvalue weighted by Crippen LogP contribution is -2.32. The smallest absolute Gasteiger partial charge is 0.230 e. The number of ether oxygens (including phenoxy) is 1. The highest BCUT2D eigenvalue weighted by atomic mass is 32.2. The van der Waals surface area contributed by atoms with Crippen molar-refractivity contribution < 1.29 is 9.53 Å². The molecule has 3 aromatic rings. The maximum absolute atomic E-state index is 12.0. The highest BCUT2D eigenvalue weighted by Crippen LogP contribution is 2.24. The Morgan fingerprint density at radius 3 is 2.41 bits per heavy atom. The largest absolute Gasteiger partial charge is 0.376 e. The van der Waals surface area contributed by atoms with E-state index in [1.165, 1.54) is 22.9 Å². The zero-order valence-electron chi connectivity index (χ0n) is 16.1. The predicted octanol–water partition coefficient (Wildman–Crippen LogP) is 4.20. The van der Waals surface area contributed by atoms with E-state index < -0.39 is 0 Å². The molecule has 0 aliphatic carbocycles. The van der Waals surface area contributed by atoms with Crippen LogP contribution in [-0.4, -0.2) is 41.1 Å². The molecule has 1 atom stereocenters. The van der Waals surface area contributed by atoms with Gasteiger partial charge in [-0.05, 0) is 36.1 Å². The fourth-order valence-corrected chi connectivity index (χ4v) is 3.88. The summed E-state index contributed by atoms with van der Waals surface area (Å²) in [5, 5.41) is 12.2. The predicted molar refractivity (Wildman–Crippen MR) is 116 cm³/mol. The van der Waals surface area contributed by atoms with E-state index in [4.69, 9.17) is 4.74 Å². The van der Waals surface area contributed by atoms with Crippen molar-refractivity contribution in [1.82, 2.24) is 15.5 Å². The van der Waals surface area contributed by atoms with E-state index >= 15 is 0 Å². The maximum atomic E-state index is 12.0. The van der Waals surface area contributed by atoms with Crippen molar-refractivity contribution in [2.75, 3.05) is 18.9 Å². The monoisotopic (exact) mass is 405 g/mol. The lowest BCUT2D eigenvalue weighted by molar-refractivity contribution is -0.119. The third-order valence-electron chi connectivity index (χ3n) is 4.83. The van der Waals surface area contributed by atoms with Gasteiger partial charge in [-0.15, -0.1) is 10.2 Å². The molecule has 0 bridgehead atoms. The minimum Gasteiger partial charge on any atom is -0.376 e. The molecule has 2 aromatic carbocycles. The zero-order valence-corrected chi connectivity index (χ0v) is 16.9. The lowest BCUT2D eigenvalue weighted by Gasteiger charge is -2.10. The fourth-order valence-electron chi connectivity index (χ4n) is 3.24. The molecule has 0 unspecified atom stereocenters. The SMILES string of the molecule is O=C(CSc1ccc(-c2ccc(-c3ccccc3)cc2)nn1)NC[C@@H]1CCCO1. The number of nitrogens with zero attached hydrogens (tertiary/aromatic N) is 2. The second-order valence-electron chi connectivity index (χ2n) is 6.93. The van der Waals surface area contributed by atoms with E-state index in [1.54, 1.807) is 0 Å². The molecule has 0 saturated carbocycles. The van der Waals surface area contributed by atoms with Gasteiger partial charge in [0.15, 0.2) is 0 Å². The van der Waals surface area contributed by atoms with Crippen molar-refractivity contribution in [3.05, 3.63) is 66.7 Å². The molecule has 1 N–H and O–H groups in total. The lowest BCUT2D eigenvalue weighted by atomic mass is 10.0. The van der Waals surface area contributed by atoms with Crippen LogP contribution in [0.15, 0.2) is 71.8 Å². The van der Waals surface area contributed by atoms with Crippen LogP contribution < -0.4 is 5.32 Å². The summed E-state index contributed by atoms with van der Waals surface area (Å²) in [4.78, 5) is 12.0. The molecule has 4 rings (SSSR count). The summed E-state index contributed by atoms with van der Waals surface area (Å²) in [5.41, 5.74) is 4.19. The van der Waals surface area contributed by atoms with Gasteiger partial charge in [0.05, 0.1) is 17.6 Å². The molecule has 0 spiro atoms. The van der Waals surface area contributed by atoms with Crippen LogP contribution in [0.3, 0.4) is 0 Å². The van der Waals surface area contributed by atoms with E-state index in [-0.39, 0.29) is 12.0 Å². The van der Waals surface area contributed by atoms with Gasteiger partial charge in [-0.25, -0.2) is 0 Å². The number of hydrogen-bond donors (Lipinski definition) is 1. The van der Waals surface area contributed by atoms with Crippen LogP contribution in [0.4, 0.5) is 0 Å². The van der Waals surface area contributed by atoms with Crippen molar-refractivity contribution >= 4 is 17.7 Å². The average Bonchev–Trinajstić information content (AvgIpc) is 3.31. The van der Waals surface area contributed by atoms with E-state index in [0.29, 0.717) is 12.3 Å². The minimum atomic E-state index is -0.00660. The molecule has 6 heteroatoms. The number of amides is 1. The summed E-state index contributed by atoms with van der Waals surface area (Å²) < 4.78 is 5.51. The molecule has 1 aliphatic rings. The van der Waals surface area contributed by atoms with Gasteiger partial charge in [-0.2, -0.15) is 0 Å². The first-order valence-corrected chi connectivity index (χ1v) is 10.8. The molecule has 1 aromatic heterocycles. The molecule has 5 nitrogen and oxygen atoms in total. The first-order chi connectivity index (χ1) is 14.3. The Kier molecular flexibility index (Phi) is 6.54. The Morgan fingerprint density at radius 2 is 1.72 bits per heavy atom. The van der Waals surface area contributed by atoms with Gasteiger partial charge in [0.2, 0.25) is 5.91 Å². The summed E-state index contributed by atoms with van der Waals surface area (Å²) in [6.07, 6.45) is 2.26. The third kappa shape index (κ3) is 5.43. The Bertz CT molecular complexity index is 925. The summed E-state index contributed by atoms with van der Waals surface area (Å²) in [7, 11) is 0.